The Kier molecular flexibility index (Phi) is 2.78. The van der Waals surface area contributed by atoms with Gasteiger partial charge >= 0.3 is 0 Å². The summed E-state index contributed by atoms with van der Waals surface area (Å²) < 4.78 is 1.05. The van der Waals surface area contributed by atoms with Gasteiger partial charge in [0.25, 0.3) is 0 Å². The van der Waals surface area contributed by atoms with Crippen LogP contribution in [-0.2, 0) is 5.60 Å². The molecule has 21 heavy (non-hydrogen) atoms. The van der Waals surface area contributed by atoms with Gasteiger partial charge in [0.15, 0.2) is 0 Å². The summed E-state index contributed by atoms with van der Waals surface area (Å²) in [6.45, 7) is 0. The van der Waals surface area contributed by atoms with Crippen molar-refractivity contribution in [2.45, 2.75) is 5.60 Å². The van der Waals surface area contributed by atoms with Crippen molar-refractivity contribution in [3.63, 3.8) is 0 Å². The number of aliphatic hydroxyl groups is 1. The van der Waals surface area contributed by atoms with E-state index in [4.69, 9.17) is 0 Å². The van der Waals surface area contributed by atoms with E-state index in [2.05, 4.69) is 34.1 Å². The normalized spacial score (nSPS) is 19.9. The fourth-order valence-corrected chi connectivity index (χ4v) is 3.56. The van der Waals surface area contributed by atoms with Gasteiger partial charge in [0.05, 0.1) is 0 Å². The van der Waals surface area contributed by atoms with Crippen molar-refractivity contribution in [1.82, 2.24) is 0 Å². The second-order valence-electron chi connectivity index (χ2n) is 5.33. The largest absolute Gasteiger partial charge is 0.377 e. The molecular weight excluding hydrogens is 324 g/mol. The molecule has 0 radical (unpaired) electrons. The molecular formula is C19H13BrO. The maximum Gasteiger partial charge on any atom is 0.134 e. The topological polar surface area (TPSA) is 20.2 Å². The SMILES string of the molecule is OC1(c2ccccc2)C=Cc2ccc(Br)c3cccc1c23. The molecule has 1 aliphatic rings. The van der Waals surface area contributed by atoms with Crippen molar-refractivity contribution in [3.05, 3.63) is 87.9 Å². The number of rotatable bonds is 1. The van der Waals surface area contributed by atoms with Crippen LogP contribution < -0.4 is 0 Å². The van der Waals surface area contributed by atoms with E-state index in [9.17, 15) is 5.11 Å². The molecule has 0 bridgehead atoms. The van der Waals surface area contributed by atoms with Crippen LogP contribution in [0.5, 0.6) is 0 Å². The van der Waals surface area contributed by atoms with E-state index < -0.39 is 5.60 Å². The third-order valence-electron chi connectivity index (χ3n) is 4.15. The van der Waals surface area contributed by atoms with E-state index >= 15 is 0 Å². The minimum atomic E-state index is -1.07. The van der Waals surface area contributed by atoms with Gasteiger partial charge in [-0.2, -0.15) is 0 Å². The predicted octanol–water partition coefficient (Wildman–Crippen LogP) is 4.87. The van der Waals surface area contributed by atoms with Crippen LogP contribution in [0, 0.1) is 0 Å². The van der Waals surface area contributed by atoms with Crippen molar-refractivity contribution in [3.8, 4) is 0 Å². The van der Waals surface area contributed by atoms with Crippen LogP contribution in [0.3, 0.4) is 0 Å². The monoisotopic (exact) mass is 336 g/mol. The standard InChI is InChI=1S/C19H13BrO/c20-17-10-9-13-11-12-19(21,14-5-2-1-3-6-14)16-8-4-7-15(17)18(13)16/h1-12,21H. The predicted molar refractivity (Wildman–Crippen MR) is 90.1 cm³/mol. The maximum absolute atomic E-state index is 11.3. The average Bonchev–Trinajstić information content (AvgIpc) is 2.54. The molecule has 4 rings (SSSR count). The third-order valence-corrected chi connectivity index (χ3v) is 4.84. The van der Waals surface area contributed by atoms with E-state index in [1.165, 1.54) is 0 Å². The van der Waals surface area contributed by atoms with Gasteiger partial charge in [0.2, 0.25) is 0 Å². The minimum Gasteiger partial charge on any atom is -0.377 e. The summed E-state index contributed by atoms with van der Waals surface area (Å²) in [4.78, 5) is 0. The second kappa shape index (κ2) is 4.55. The summed E-state index contributed by atoms with van der Waals surface area (Å²) in [6, 6.07) is 20.0. The van der Waals surface area contributed by atoms with Crippen molar-refractivity contribution in [2.24, 2.45) is 0 Å². The van der Waals surface area contributed by atoms with Gasteiger partial charge in [-0.25, -0.2) is 0 Å². The fourth-order valence-electron chi connectivity index (χ4n) is 3.10. The van der Waals surface area contributed by atoms with E-state index in [-0.39, 0.29) is 0 Å². The third kappa shape index (κ3) is 1.80. The Hall–Kier alpha value is -1.90. The Morgan fingerprint density at radius 1 is 0.857 bits per heavy atom. The molecule has 1 nitrogen and oxygen atoms in total. The Labute approximate surface area is 131 Å². The zero-order valence-electron chi connectivity index (χ0n) is 11.3. The molecule has 0 spiro atoms. The lowest BCUT2D eigenvalue weighted by molar-refractivity contribution is 0.136. The Morgan fingerprint density at radius 3 is 2.48 bits per heavy atom. The highest BCUT2D eigenvalue weighted by atomic mass is 79.9. The van der Waals surface area contributed by atoms with Crippen molar-refractivity contribution in [2.75, 3.05) is 0 Å². The van der Waals surface area contributed by atoms with Gasteiger partial charge in [-0.1, -0.05) is 76.6 Å². The van der Waals surface area contributed by atoms with Gasteiger partial charge < -0.3 is 5.11 Å². The van der Waals surface area contributed by atoms with Crippen molar-refractivity contribution < 1.29 is 5.11 Å². The molecule has 0 fully saturated rings. The molecule has 0 saturated heterocycles. The molecule has 0 aromatic heterocycles. The molecule has 0 saturated carbocycles. The summed E-state index contributed by atoms with van der Waals surface area (Å²) in [7, 11) is 0. The molecule has 1 aliphatic carbocycles. The van der Waals surface area contributed by atoms with Crippen LogP contribution in [0.25, 0.3) is 16.8 Å². The highest BCUT2D eigenvalue weighted by Crippen LogP contribution is 2.42. The van der Waals surface area contributed by atoms with E-state index in [0.717, 1.165) is 31.9 Å². The molecule has 0 amide bonds. The zero-order valence-corrected chi connectivity index (χ0v) is 12.8. The zero-order chi connectivity index (χ0) is 14.4. The number of hydrogen-bond acceptors (Lipinski definition) is 1. The van der Waals surface area contributed by atoms with Crippen LogP contribution >= 0.6 is 15.9 Å². The maximum atomic E-state index is 11.3. The molecule has 0 aliphatic heterocycles. The average molecular weight is 337 g/mol. The highest BCUT2D eigenvalue weighted by molar-refractivity contribution is 9.10. The first kappa shape index (κ1) is 12.8. The summed E-state index contributed by atoms with van der Waals surface area (Å²) >= 11 is 3.61. The van der Waals surface area contributed by atoms with Crippen LogP contribution in [0.1, 0.15) is 16.7 Å². The highest BCUT2D eigenvalue weighted by Gasteiger charge is 2.33. The van der Waals surface area contributed by atoms with E-state index in [0.29, 0.717) is 0 Å². The summed E-state index contributed by atoms with van der Waals surface area (Å²) in [5.74, 6) is 0. The molecule has 1 unspecified atom stereocenters. The van der Waals surface area contributed by atoms with Gasteiger partial charge in [-0.3, -0.25) is 0 Å². The van der Waals surface area contributed by atoms with Gasteiger partial charge in [-0.15, -0.1) is 0 Å². The lowest BCUT2D eigenvalue weighted by atomic mass is 9.79. The lowest BCUT2D eigenvalue weighted by Crippen LogP contribution is -2.26. The summed E-state index contributed by atoms with van der Waals surface area (Å²) in [6.07, 6.45) is 3.89. The smallest absolute Gasteiger partial charge is 0.134 e. The molecule has 2 heteroatoms. The van der Waals surface area contributed by atoms with E-state index in [1.54, 1.807) is 0 Å². The first-order valence-electron chi connectivity index (χ1n) is 6.89. The molecule has 102 valence electrons. The molecule has 3 aromatic rings. The van der Waals surface area contributed by atoms with Crippen molar-refractivity contribution >= 4 is 32.8 Å². The van der Waals surface area contributed by atoms with Crippen LogP contribution in [0.15, 0.2) is 71.2 Å². The fraction of sp³-hybridized carbons (Fsp3) is 0.0526. The number of hydrogen-bond donors (Lipinski definition) is 1. The minimum absolute atomic E-state index is 0.888. The first-order valence-corrected chi connectivity index (χ1v) is 7.68. The Bertz CT molecular complexity index is 867. The van der Waals surface area contributed by atoms with Gasteiger partial charge in [0.1, 0.15) is 5.60 Å². The molecule has 0 heterocycles. The summed E-state index contributed by atoms with van der Waals surface area (Å²) in [5, 5.41) is 13.5. The number of benzene rings is 3. The molecule has 3 aromatic carbocycles. The molecule has 1 atom stereocenters. The van der Waals surface area contributed by atoms with Gasteiger partial charge in [0, 0.05) is 10.0 Å². The number of halogens is 1. The van der Waals surface area contributed by atoms with E-state index in [1.807, 2.05) is 54.6 Å². The Morgan fingerprint density at radius 2 is 1.67 bits per heavy atom. The second-order valence-corrected chi connectivity index (χ2v) is 6.18. The molecule has 1 N–H and O–H groups in total. The van der Waals surface area contributed by atoms with Crippen LogP contribution in [-0.4, -0.2) is 5.11 Å². The van der Waals surface area contributed by atoms with Crippen LogP contribution in [0.2, 0.25) is 0 Å². The quantitative estimate of drug-likeness (QED) is 0.672. The first-order chi connectivity index (χ1) is 10.2. The van der Waals surface area contributed by atoms with Crippen molar-refractivity contribution in [1.29, 1.82) is 0 Å². The summed E-state index contributed by atoms with van der Waals surface area (Å²) in [5.41, 5.74) is 1.89. The lowest BCUT2D eigenvalue weighted by Gasteiger charge is -2.31. The van der Waals surface area contributed by atoms with Crippen LogP contribution in [0.4, 0.5) is 0 Å². The Balaban J connectivity index is 2.10. The van der Waals surface area contributed by atoms with Gasteiger partial charge in [-0.05, 0) is 34.0 Å².